The van der Waals surface area contributed by atoms with Crippen molar-refractivity contribution in [1.29, 1.82) is 0 Å². The molecule has 1 aromatic rings. The molecule has 130 valence electrons. The van der Waals surface area contributed by atoms with E-state index in [0.29, 0.717) is 0 Å². The number of carbonyl (C=O) groups is 1. The van der Waals surface area contributed by atoms with Gasteiger partial charge in [0, 0.05) is 11.1 Å². The second-order valence-electron chi connectivity index (χ2n) is 7.00. The third-order valence-electron chi connectivity index (χ3n) is 3.62. The van der Waals surface area contributed by atoms with Gasteiger partial charge in [-0.25, -0.2) is 0 Å². The van der Waals surface area contributed by atoms with Crippen molar-refractivity contribution < 1.29 is 9.53 Å². The maximum Gasteiger partial charge on any atom is 0.243 e. The number of hydrogen-bond donors (Lipinski definition) is 0. The van der Waals surface area contributed by atoms with Crippen LogP contribution in [-0.4, -0.2) is 29.6 Å². The zero-order chi connectivity index (χ0) is 17.8. The summed E-state index contributed by atoms with van der Waals surface area (Å²) in [6.45, 7) is 14.5. The van der Waals surface area contributed by atoms with Crippen molar-refractivity contribution in [3.8, 4) is 0 Å². The summed E-state index contributed by atoms with van der Waals surface area (Å²) in [6.07, 6.45) is 0.850. The fourth-order valence-corrected chi connectivity index (χ4v) is 2.46. The Bertz CT molecular complexity index is 551. The number of rotatable bonds is 6. The molecule has 5 heteroatoms. The molecule has 1 rings (SSSR count). The SMILES string of the molecule is CCc1cc(C(C)(C)C)nc(C)c1N(COC(C)C)C(=O)CCl. The van der Waals surface area contributed by atoms with Gasteiger partial charge in [-0.1, -0.05) is 27.7 Å². The lowest BCUT2D eigenvalue weighted by Crippen LogP contribution is -2.37. The van der Waals surface area contributed by atoms with Crippen LogP contribution < -0.4 is 4.90 Å². The molecule has 0 bridgehead atoms. The molecule has 0 spiro atoms. The zero-order valence-electron chi connectivity index (χ0n) is 15.4. The minimum Gasteiger partial charge on any atom is -0.358 e. The van der Waals surface area contributed by atoms with Crippen LogP contribution in [0.3, 0.4) is 0 Å². The van der Waals surface area contributed by atoms with Crippen molar-refractivity contribution in [2.75, 3.05) is 17.5 Å². The summed E-state index contributed by atoms with van der Waals surface area (Å²) in [6, 6.07) is 2.09. The highest BCUT2D eigenvalue weighted by Crippen LogP contribution is 2.30. The first-order valence-corrected chi connectivity index (χ1v) is 8.64. The molecule has 1 aromatic heterocycles. The van der Waals surface area contributed by atoms with Gasteiger partial charge in [-0.3, -0.25) is 14.7 Å². The molecule has 0 radical (unpaired) electrons. The van der Waals surface area contributed by atoms with Crippen molar-refractivity contribution in [3.05, 3.63) is 23.0 Å². The topological polar surface area (TPSA) is 42.4 Å². The average molecular weight is 341 g/mol. The van der Waals surface area contributed by atoms with E-state index in [0.717, 1.165) is 29.1 Å². The Hall–Kier alpha value is -1.13. The smallest absolute Gasteiger partial charge is 0.243 e. The number of hydrogen-bond acceptors (Lipinski definition) is 3. The van der Waals surface area contributed by atoms with Crippen LogP contribution in [0.1, 0.15) is 58.5 Å². The lowest BCUT2D eigenvalue weighted by atomic mass is 9.89. The molecule has 0 atom stereocenters. The Balaban J connectivity index is 3.37. The third kappa shape index (κ3) is 5.18. The van der Waals surface area contributed by atoms with Crippen molar-refractivity contribution >= 4 is 23.2 Å². The van der Waals surface area contributed by atoms with Crippen LogP contribution in [0, 0.1) is 6.92 Å². The van der Waals surface area contributed by atoms with Gasteiger partial charge in [0.25, 0.3) is 0 Å². The maximum absolute atomic E-state index is 12.3. The van der Waals surface area contributed by atoms with Crippen LogP contribution in [0.25, 0.3) is 0 Å². The summed E-state index contributed by atoms with van der Waals surface area (Å²) in [4.78, 5) is 18.7. The molecule has 4 nitrogen and oxygen atoms in total. The molecule has 23 heavy (non-hydrogen) atoms. The predicted molar refractivity (Wildman–Crippen MR) is 96.3 cm³/mol. The minimum absolute atomic E-state index is 0.0350. The number of amides is 1. The number of aromatic nitrogens is 1. The second kappa shape index (κ2) is 8.11. The number of nitrogens with zero attached hydrogens (tertiary/aromatic N) is 2. The number of anilines is 1. The van der Waals surface area contributed by atoms with Gasteiger partial charge in [0.1, 0.15) is 12.6 Å². The van der Waals surface area contributed by atoms with Crippen molar-refractivity contribution in [2.24, 2.45) is 0 Å². The van der Waals surface area contributed by atoms with Gasteiger partial charge in [-0.05, 0) is 38.8 Å². The van der Waals surface area contributed by atoms with Crippen molar-refractivity contribution in [2.45, 2.75) is 66.4 Å². The summed E-state index contributed by atoms with van der Waals surface area (Å²) >= 11 is 5.80. The second-order valence-corrected chi connectivity index (χ2v) is 7.27. The van der Waals surface area contributed by atoms with Gasteiger partial charge in [0.15, 0.2) is 0 Å². The first-order valence-electron chi connectivity index (χ1n) is 8.10. The predicted octanol–water partition coefficient (Wildman–Crippen LogP) is 4.20. The van der Waals surface area contributed by atoms with Gasteiger partial charge in [0.2, 0.25) is 5.91 Å². The molecular weight excluding hydrogens is 312 g/mol. The van der Waals surface area contributed by atoms with Gasteiger partial charge >= 0.3 is 0 Å². The Morgan fingerprint density at radius 1 is 1.39 bits per heavy atom. The van der Waals surface area contributed by atoms with Crippen LogP contribution in [0.5, 0.6) is 0 Å². The molecule has 0 aliphatic rings. The molecule has 1 amide bonds. The maximum atomic E-state index is 12.3. The summed E-state index contributed by atoms with van der Waals surface area (Å²) in [7, 11) is 0. The highest BCUT2D eigenvalue weighted by molar-refractivity contribution is 6.29. The van der Waals surface area contributed by atoms with E-state index in [4.69, 9.17) is 21.3 Å². The molecule has 0 aromatic carbocycles. The summed E-state index contributed by atoms with van der Waals surface area (Å²) < 4.78 is 5.65. The quantitative estimate of drug-likeness (QED) is 0.575. The molecule has 0 saturated carbocycles. The van der Waals surface area contributed by atoms with E-state index in [2.05, 4.69) is 33.8 Å². The van der Waals surface area contributed by atoms with E-state index in [9.17, 15) is 4.79 Å². The lowest BCUT2D eigenvalue weighted by molar-refractivity contribution is -0.117. The Kier molecular flexibility index (Phi) is 7.02. The Morgan fingerprint density at radius 3 is 2.43 bits per heavy atom. The van der Waals surface area contributed by atoms with Crippen LogP contribution in [-0.2, 0) is 21.4 Å². The fourth-order valence-electron chi connectivity index (χ4n) is 2.31. The van der Waals surface area contributed by atoms with E-state index < -0.39 is 0 Å². The summed E-state index contributed by atoms with van der Waals surface area (Å²) in [5.74, 6) is -0.249. The zero-order valence-corrected chi connectivity index (χ0v) is 16.1. The van der Waals surface area contributed by atoms with E-state index >= 15 is 0 Å². The lowest BCUT2D eigenvalue weighted by Gasteiger charge is -2.28. The summed E-state index contributed by atoms with van der Waals surface area (Å²) in [5.41, 5.74) is 3.74. The molecule has 0 aliphatic carbocycles. The molecular formula is C18H29ClN2O2. The number of carbonyl (C=O) groups excluding carboxylic acids is 1. The first-order chi connectivity index (χ1) is 10.6. The monoisotopic (exact) mass is 340 g/mol. The van der Waals surface area contributed by atoms with E-state index in [1.54, 1.807) is 4.90 Å². The van der Waals surface area contributed by atoms with Crippen LogP contribution in [0.2, 0.25) is 0 Å². The van der Waals surface area contributed by atoms with Crippen molar-refractivity contribution in [3.63, 3.8) is 0 Å². The van der Waals surface area contributed by atoms with Gasteiger partial charge in [-0.15, -0.1) is 11.6 Å². The van der Waals surface area contributed by atoms with Gasteiger partial charge < -0.3 is 4.74 Å². The minimum atomic E-state index is -0.171. The molecule has 1 heterocycles. The molecule has 0 saturated heterocycles. The van der Waals surface area contributed by atoms with E-state index in [1.165, 1.54) is 0 Å². The Morgan fingerprint density at radius 2 is 2.00 bits per heavy atom. The van der Waals surface area contributed by atoms with Gasteiger partial charge in [-0.2, -0.15) is 0 Å². The number of alkyl halides is 1. The number of aryl methyl sites for hydroxylation is 2. The van der Waals surface area contributed by atoms with Crippen LogP contribution >= 0.6 is 11.6 Å². The molecule has 0 aliphatic heterocycles. The molecule has 0 fully saturated rings. The molecule has 0 unspecified atom stereocenters. The van der Waals surface area contributed by atoms with E-state index in [-0.39, 0.29) is 30.0 Å². The van der Waals surface area contributed by atoms with Crippen LogP contribution in [0.4, 0.5) is 5.69 Å². The fraction of sp³-hybridized carbons (Fsp3) is 0.667. The Labute approximate surface area is 145 Å². The number of halogens is 1. The number of ether oxygens (including phenoxy) is 1. The highest BCUT2D eigenvalue weighted by Gasteiger charge is 2.24. The highest BCUT2D eigenvalue weighted by atomic mass is 35.5. The number of pyridine rings is 1. The first kappa shape index (κ1) is 19.9. The largest absolute Gasteiger partial charge is 0.358 e. The summed E-state index contributed by atoms with van der Waals surface area (Å²) in [5, 5.41) is 0. The van der Waals surface area contributed by atoms with Crippen molar-refractivity contribution in [1.82, 2.24) is 4.98 Å². The third-order valence-corrected chi connectivity index (χ3v) is 3.85. The average Bonchev–Trinajstić information content (AvgIpc) is 2.46. The van der Waals surface area contributed by atoms with Gasteiger partial charge in [0.05, 0.1) is 17.5 Å². The molecule has 0 N–H and O–H groups in total. The van der Waals surface area contributed by atoms with Crippen LogP contribution in [0.15, 0.2) is 6.07 Å². The normalized spacial score (nSPS) is 11.9. The standard InChI is InChI=1S/C18H29ClN2O2/c1-8-14-9-15(18(5,6)7)20-13(4)17(14)21(16(22)10-19)11-23-12(2)3/h9,12H,8,10-11H2,1-7H3. The van der Waals surface area contributed by atoms with E-state index in [1.807, 2.05) is 20.8 Å².